The number of likely N-dealkylation sites (tertiary alicyclic amines) is 1. The number of aliphatic hydroxyl groups is 1. The summed E-state index contributed by atoms with van der Waals surface area (Å²) in [5, 5.41) is 9.87. The molecule has 1 rings (SSSR count). The molecule has 2 atom stereocenters. The lowest BCUT2D eigenvalue weighted by molar-refractivity contribution is -0.124. The van der Waals surface area contributed by atoms with Crippen LogP contribution in [0.15, 0.2) is 0 Å². The SMILES string of the molecule is CC(=O)C1CCCCN1CC(O)COC(C)C. The molecule has 1 aliphatic heterocycles. The molecule has 1 N–H and O–H groups in total. The van der Waals surface area contributed by atoms with Gasteiger partial charge in [-0.05, 0) is 40.2 Å². The average molecular weight is 243 g/mol. The molecule has 0 amide bonds. The van der Waals surface area contributed by atoms with E-state index in [9.17, 15) is 9.90 Å². The Morgan fingerprint density at radius 2 is 2.18 bits per heavy atom. The van der Waals surface area contributed by atoms with Crippen LogP contribution >= 0.6 is 0 Å². The summed E-state index contributed by atoms with van der Waals surface area (Å²) in [7, 11) is 0. The van der Waals surface area contributed by atoms with Crippen LogP contribution in [0.4, 0.5) is 0 Å². The summed E-state index contributed by atoms with van der Waals surface area (Å²) in [5.41, 5.74) is 0. The van der Waals surface area contributed by atoms with Gasteiger partial charge in [0.25, 0.3) is 0 Å². The minimum absolute atomic E-state index is 0.00236. The molecule has 1 saturated heterocycles. The minimum Gasteiger partial charge on any atom is -0.389 e. The van der Waals surface area contributed by atoms with Crippen molar-refractivity contribution < 1.29 is 14.6 Å². The monoisotopic (exact) mass is 243 g/mol. The van der Waals surface area contributed by atoms with Crippen molar-refractivity contribution in [1.82, 2.24) is 4.90 Å². The number of ether oxygens (including phenoxy) is 1. The predicted molar refractivity (Wildman–Crippen MR) is 67.0 cm³/mol. The van der Waals surface area contributed by atoms with Gasteiger partial charge in [0, 0.05) is 6.54 Å². The van der Waals surface area contributed by atoms with Gasteiger partial charge in [0.2, 0.25) is 0 Å². The van der Waals surface area contributed by atoms with Crippen LogP contribution in [0.1, 0.15) is 40.0 Å². The highest BCUT2D eigenvalue weighted by Crippen LogP contribution is 2.18. The lowest BCUT2D eigenvalue weighted by Gasteiger charge is -2.35. The molecule has 1 fully saturated rings. The first kappa shape index (κ1) is 14.6. The molecule has 4 heteroatoms. The number of aliphatic hydroxyl groups excluding tert-OH is 1. The van der Waals surface area contributed by atoms with Crippen LogP contribution in [-0.2, 0) is 9.53 Å². The van der Waals surface area contributed by atoms with Gasteiger partial charge in [-0.25, -0.2) is 0 Å². The second kappa shape index (κ2) is 7.09. The number of hydrogen-bond acceptors (Lipinski definition) is 4. The number of ketones is 1. The highest BCUT2D eigenvalue weighted by molar-refractivity contribution is 5.81. The summed E-state index contributed by atoms with van der Waals surface area (Å²) >= 11 is 0. The van der Waals surface area contributed by atoms with Gasteiger partial charge in [0.05, 0.1) is 24.9 Å². The second-order valence-electron chi connectivity index (χ2n) is 5.15. The largest absolute Gasteiger partial charge is 0.389 e. The van der Waals surface area contributed by atoms with E-state index < -0.39 is 6.10 Å². The Balaban J connectivity index is 2.39. The number of nitrogens with zero attached hydrogens (tertiary/aromatic N) is 1. The molecule has 0 aromatic carbocycles. The Labute approximate surface area is 104 Å². The summed E-state index contributed by atoms with van der Waals surface area (Å²) in [5.74, 6) is 0.210. The normalized spacial score (nSPS) is 23.9. The smallest absolute Gasteiger partial charge is 0.146 e. The topological polar surface area (TPSA) is 49.8 Å². The van der Waals surface area contributed by atoms with Crippen molar-refractivity contribution in [3.8, 4) is 0 Å². The molecule has 1 aliphatic rings. The first-order valence-corrected chi connectivity index (χ1v) is 6.55. The van der Waals surface area contributed by atoms with E-state index >= 15 is 0 Å². The Kier molecular flexibility index (Phi) is 6.09. The lowest BCUT2D eigenvalue weighted by atomic mass is 9.99. The summed E-state index contributed by atoms with van der Waals surface area (Å²) in [4.78, 5) is 13.6. The maximum Gasteiger partial charge on any atom is 0.146 e. The Morgan fingerprint density at radius 1 is 1.47 bits per heavy atom. The van der Waals surface area contributed by atoms with E-state index in [1.807, 2.05) is 13.8 Å². The lowest BCUT2D eigenvalue weighted by Crippen LogP contribution is -2.48. The second-order valence-corrected chi connectivity index (χ2v) is 5.15. The summed E-state index contributed by atoms with van der Waals surface area (Å²) in [6, 6.07) is -0.00236. The number of piperidine rings is 1. The van der Waals surface area contributed by atoms with Gasteiger partial charge < -0.3 is 9.84 Å². The maximum absolute atomic E-state index is 11.5. The van der Waals surface area contributed by atoms with Crippen LogP contribution < -0.4 is 0 Å². The molecule has 0 aromatic rings. The molecule has 0 aliphatic carbocycles. The van der Waals surface area contributed by atoms with Crippen LogP contribution in [0.5, 0.6) is 0 Å². The van der Waals surface area contributed by atoms with Gasteiger partial charge >= 0.3 is 0 Å². The number of rotatable bonds is 6. The van der Waals surface area contributed by atoms with Crippen molar-refractivity contribution in [3.05, 3.63) is 0 Å². The molecule has 1 heterocycles. The maximum atomic E-state index is 11.5. The zero-order valence-corrected chi connectivity index (χ0v) is 11.2. The molecule has 0 radical (unpaired) electrons. The minimum atomic E-state index is -0.502. The Morgan fingerprint density at radius 3 is 2.76 bits per heavy atom. The quantitative estimate of drug-likeness (QED) is 0.762. The van der Waals surface area contributed by atoms with E-state index in [1.54, 1.807) is 6.92 Å². The van der Waals surface area contributed by atoms with E-state index in [1.165, 1.54) is 0 Å². The number of Topliss-reactive ketones (excluding diaryl/α,β-unsaturated/α-hetero) is 1. The molecule has 2 unspecified atom stereocenters. The third kappa shape index (κ3) is 5.15. The summed E-state index contributed by atoms with van der Waals surface area (Å²) in [6.07, 6.45) is 2.78. The average Bonchev–Trinajstić information content (AvgIpc) is 2.27. The first-order valence-electron chi connectivity index (χ1n) is 6.55. The predicted octanol–water partition coefficient (Wildman–Crippen LogP) is 1.22. The Hall–Kier alpha value is -0.450. The zero-order chi connectivity index (χ0) is 12.8. The zero-order valence-electron chi connectivity index (χ0n) is 11.2. The van der Waals surface area contributed by atoms with Crippen molar-refractivity contribution in [3.63, 3.8) is 0 Å². The summed E-state index contributed by atoms with van der Waals surface area (Å²) in [6.45, 7) is 7.33. The number of carbonyl (C=O) groups excluding carboxylic acids is 1. The summed E-state index contributed by atoms with van der Waals surface area (Å²) < 4.78 is 5.38. The fourth-order valence-electron chi connectivity index (χ4n) is 2.30. The molecular weight excluding hydrogens is 218 g/mol. The van der Waals surface area contributed by atoms with E-state index in [2.05, 4.69) is 4.90 Å². The van der Waals surface area contributed by atoms with E-state index in [0.29, 0.717) is 13.2 Å². The fraction of sp³-hybridized carbons (Fsp3) is 0.923. The van der Waals surface area contributed by atoms with Crippen LogP contribution in [0.25, 0.3) is 0 Å². The molecule has 0 saturated carbocycles. The van der Waals surface area contributed by atoms with Gasteiger partial charge in [-0.1, -0.05) is 6.42 Å². The number of carbonyl (C=O) groups is 1. The molecule has 0 aromatic heterocycles. The number of hydrogen-bond donors (Lipinski definition) is 1. The van der Waals surface area contributed by atoms with Crippen LogP contribution in [0.3, 0.4) is 0 Å². The molecule has 0 bridgehead atoms. The third-order valence-corrected chi connectivity index (χ3v) is 3.15. The van der Waals surface area contributed by atoms with Gasteiger partial charge in [0.15, 0.2) is 0 Å². The van der Waals surface area contributed by atoms with Crippen molar-refractivity contribution in [1.29, 1.82) is 0 Å². The van der Waals surface area contributed by atoms with Gasteiger partial charge in [-0.3, -0.25) is 9.69 Å². The molecule has 17 heavy (non-hydrogen) atoms. The Bertz CT molecular complexity index is 243. The highest BCUT2D eigenvalue weighted by atomic mass is 16.5. The van der Waals surface area contributed by atoms with Crippen molar-refractivity contribution in [2.75, 3.05) is 19.7 Å². The standard InChI is InChI=1S/C13H25NO3/c1-10(2)17-9-12(16)8-14-7-5-4-6-13(14)11(3)15/h10,12-13,16H,4-9H2,1-3H3. The fourth-order valence-corrected chi connectivity index (χ4v) is 2.30. The molecule has 100 valence electrons. The first-order chi connectivity index (χ1) is 8.00. The van der Waals surface area contributed by atoms with Crippen LogP contribution in [0, 0.1) is 0 Å². The van der Waals surface area contributed by atoms with Crippen LogP contribution in [0.2, 0.25) is 0 Å². The van der Waals surface area contributed by atoms with Crippen molar-refractivity contribution in [2.45, 2.75) is 58.3 Å². The molecule has 4 nitrogen and oxygen atoms in total. The van der Waals surface area contributed by atoms with E-state index in [-0.39, 0.29) is 17.9 Å². The van der Waals surface area contributed by atoms with E-state index in [0.717, 1.165) is 25.8 Å². The third-order valence-electron chi connectivity index (χ3n) is 3.15. The van der Waals surface area contributed by atoms with Gasteiger partial charge in [-0.15, -0.1) is 0 Å². The van der Waals surface area contributed by atoms with Crippen molar-refractivity contribution >= 4 is 5.78 Å². The molecule has 0 spiro atoms. The molecular formula is C13H25NO3. The van der Waals surface area contributed by atoms with Crippen molar-refractivity contribution in [2.24, 2.45) is 0 Å². The van der Waals surface area contributed by atoms with E-state index in [4.69, 9.17) is 4.74 Å². The highest BCUT2D eigenvalue weighted by Gasteiger charge is 2.27. The van der Waals surface area contributed by atoms with Crippen LogP contribution in [-0.4, -0.2) is 53.7 Å². The number of β-amino-alcohol motifs (C(OH)–C–C–N with tert-alkyl or cyclic N) is 1. The van der Waals surface area contributed by atoms with Gasteiger partial charge in [0.1, 0.15) is 5.78 Å². The van der Waals surface area contributed by atoms with Gasteiger partial charge in [-0.2, -0.15) is 0 Å².